The fourth-order valence-electron chi connectivity index (χ4n) is 4.27. The number of benzene rings is 3. The van der Waals surface area contributed by atoms with Gasteiger partial charge in [-0.15, -0.1) is 0 Å². The first-order valence-corrected chi connectivity index (χ1v) is 14.6. The third kappa shape index (κ3) is 7.66. The van der Waals surface area contributed by atoms with E-state index in [-0.39, 0.29) is 28.7 Å². The number of sulfonamides is 1. The Bertz CT molecular complexity index is 1400. The van der Waals surface area contributed by atoms with Crippen LogP contribution in [0.1, 0.15) is 32.3 Å². The van der Waals surface area contributed by atoms with Gasteiger partial charge >= 0.3 is 0 Å². The van der Waals surface area contributed by atoms with E-state index in [0.717, 1.165) is 22.4 Å². The van der Waals surface area contributed by atoms with Crippen molar-refractivity contribution in [3.8, 4) is 0 Å². The van der Waals surface area contributed by atoms with Crippen molar-refractivity contribution in [3.05, 3.63) is 101 Å². The molecule has 0 heterocycles. The Kier molecular flexibility index (Phi) is 10.8. The van der Waals surface area contributed by atoms with Gasteiger partial charge in [-0.2, -0.15) is 0 Å². The number of hydrogen-bond donors (Lipinski definition) is 1. The minimum atomic E-state index is -4.30. The van der Waals surface area contributed by atoms with E-state index in [4.69, 9.17) is 0 Å². The van der Waals surface area contributed by atoms with Gasteiger partial charge in [0.25, 0.3) is 15.7 Å². The maximum absolute atomic E-state index is 13.9. The lowest BCUT2D eigenvalue weighted by Gasteiger charge is -2.33. The Labute approximate surface area is 234 Å². The Morgan fingerprint density at radius 1 is 0.950 bits per heavy atom. The molecule has 0 unspecified atom stereocenters. The number of nitrogens with zero attached hydrogens (tertiary/aromatic N) is 3. The molecular formula is C29H34N4O6S. The van der Waals surface area contributed by atoms with Crippen LogP contribution in [0.3, 0.4) is 0 Å². The van der Waals surface area contributed by atoms with Crippen LogP contribution >= 0.6 is 0 Å². The number of hydrogen-bond acceptors (Lipinski definition) is 6. The SMILES string of the molecule is CCCNC(=O)[C@H](CC)N(CCc1ccccc1)C(=O)CN(c1cccc([N+](=O)[O-])c1)S(=O)(=O)c1ccccc1. The van der Waals surface area contributed by atoms with E-state index < -0.39 is 33.4 Å². The number of nitro groups is 1. The number of amides is 2. The molecule has 0 aliphatic heterocycles. The van der Waals surface area contributed by atoms with Crippen LogP contribution in [0, 0.1) is 10.1 Å². The molecule has 3 rings (SSSR count). The first-order chi connectivity index (χ1) is 19.2. The lowest BCUT2D eigenvalue weighted by molar-refractivity contribution is -0.384. The van der Waals surface area contributed by atoms with Crippen LogP contribution in [0.25, 0.3) is 0 Å². The highest BCUT2D eigenvalue weighted by Crippen LogP contribution is 2.27. The Hall–Kier alpha value is -4.25. The fraction of sp³-hybridized carbons (Fsp3) is 0.310. The second kappa shape index (κ2) is 14.2. The van der Waals surface area contributed by atoms with E-state index in [1.807, 2.05) is 37.3 Å². The monoisotopic (exact) mass is 566 g/mol. The van der Waals surface area contributed by atoms with Crippen LogP contribution < -0.4 is 9.62 Å². The third-order valence-electron chi connectivity index (χ3n) is 6.36. The number of carbonyl (C=O) groups is 2. The Morgan fingerprint density at radius 2 is 1.60 bits per heavy atom. The van der Waals surface area contributed by atoms with Crippen LogP contribution in [0.2, 0.25) is 0 Å². The maximum atomic E-state index is 13.9. The quantitative estimate of drug-likeness (QED) is 0.230. The van der Waals surface area contributed by atoms with Crippen LogP contribution in [0.4, 0.5) is 11.4 Å². The molecule has 0 spiro atoms. The molecule has 2 amide bonds. The smallest absolute Gasteiger partial charge is 0.271 e. The largest absolute Gasteiger partial charge is 0.354 e. The van der Waals surface area contributed by atoms with Crippen molar-refractivity contribution in [2.45, 2.75) is 44.0 Å². The Morgan fingerprint density at radius 3 is 2.20 bits per heavy atom. The standard InChI is InChI=1S/C29H34N4O6S/c1-3-19-30-29(35)27(4-2)31(20-18-23-12-7-5-8-13-23)28(34)22-32(24-14-11-15-25(21-24)33(36)37)40(38,39)26-16-9-6-10-17-26/h5-17,21,27H,3-4,18-20,22H2,1-2H3,(H,30,35)/t27-/m0/s1. The number of carbonyl (C=O) groups excluding carboxylic acids is 2. The zero-order chi connectivity index (χ0) is 29.1. The number of anilines is 1. The molecule has 212 valence electrons. The van der Waals surface area contributed by atoms with Crippen molar-refractivity contribution < 1.29 is 22.9 Å². The molecule has 0 aliphatic rings. The van der Waals surface area contributed by atoms with Gasteiger partial charge in [-0.05, 0) is 43.0 Å². The van der Waals surface area contributed by atoms with Gasteiger partial charge in [0.15, 0.2) is 0 Å². The second-order valence-corrected chi connectivity index (χ2v) is 11.0. The topological polar surface area (TPSA) is 130 Å². The molecular weight excluding hydrogens is 532 g/mol. The lowest BCUT2D eigenvalue weighted by Crippen LogP contribution is -2.53. The molecule has 3 aromatic rings. The van der Waals surface area contributed by atoms with E-state index >= 15 is 0 Å². The van der Waals surface area contributed by atoms with Crippen LogP contribution in [0.5, 0.6) is 0 Å². The van der Waals surface area contributed by atoms with Gasteiger partial charge < -0.3 is 10.2 Å². The van der Waals surface area contributed by atoms with E-state index in [1.165, 1.54) is 35.2 Å². The first-order valence-electron chi connectivity index (χ1n) is 13.1. The highest BCUT2D eigenvalue weighted by molar-refractivity contribution is 7.92. The summed E-state index contributed by atoms with van der Waals surface area (Å²) in [6, 6.07) is 21.3. The molecule has 1 atom stereocenters. The zero-order valence-electron chi connectivity index (χ0n) is 22.6. The van der Waals surface area contributed by atoms with Gasteiger partial charge in [0.1, 0.15) is 12.6 Å². The van der Waals surface area contributed by atoms with E-state index in [0.29, 0.717) is 19.4 Å². The summed E-state index contributed by atoms with van der Waals surface area (Å²) in [7, 11) is -4.30. The predicted octanol–water partition coefficient (Wildman–Crippen LogP) is 4.17. The normalized spacial score (nSPS) is 11.8. The predicted molar refractivity (Wildman–Crippen MR) is 153 cm³/mol. The molecule has 10 nitrogen and oxygen atoms in total. The molecule has 0 saturated carbocycles. The van der Waals surface area contributed by atoms with Crippen molar-refractivity contribution in [1.29, 1.82) is 0 Å². The molecule has 3 aromatic carbocycles. The average molecular weight is 567 g/mol. The third-order valence-corrected chi connectivity index (χ3v) is 8.15. The van der Waals surface area contributed by atoms with Gasteiger partial charge in [-0.25, -0.2) is 8.42 Å². The number of non-ortho nitro benzene ring substituents is 1. The van der Waals surface area contributed by atoms with Crippen LogP contribution in [0.15, 0.2) is 89.8 Å². The summed E-state index contributed by atoms with van der Waals surface area (Å²) in [6.07, 6.45) is 1.49. The zero-order valence-corrected chi connectivity index (χ0v) is 23.4. The molecule has 0 saturated heterocycles. The summed E-state index contributed by atoms with van der Waals surface area (Å²) in [4.78, 5) is 39.2. The fourth-order valence-corrected chi connectivity index (χ4v) is 5.70. The summed E-state index contributed by atoms with van der Waals surface area (Å²) >= 11 is 0. The summed E-state index contributed by atoms with van der Waals surface area (Å²) < 4.78 is 28.4. The van der Waals surface area contributed by atoms with Crippen LogP contribution in [-0.2, 0) is 26.0 Å². The minimum Gasteiger partial charge on any atom is -0.354 e. The summed E-state index contributed by atoms with van der Waals surface area (Å²) in [5, 5.41) is 14.3. The van der Waals surface area contributed by atoms with Gasteiger partial charge in [0, 0.05) is 25.2 Å². The van der Waals surface area contributed by atoms with Crippen molar-refractivity contribution in [1.82, 2.24) is 10.2 Å². The summed E-state index contributed by atoms with van der Waals surface area (Å²) in [5.74, 6) is -0.918. The molecule has 0 fully saturated rings. The number of rotatable bonds is 14. The van der Waals surface area contributed by atoms with Gasteiger partial charge in [-0.1, -0.05) is 68.4 Å². The molecule has 40 heavy (non-hydrogen) atoms. The molecule has 0 bridgehead atoms. The molecule has 0 aliphatic carbocycles. The van der Waals surface area contributed by atoms with E-state index in [2.05, 4.69) is 5.32 Å². The second-order valence-electron chi connectivity index (χ2n) is 9.14. The number of nitro benzene ring substituents is 1. The van der Waals surface area contributed by atoms with Gasteiger partial charge in [0.05, 0.1) is 15.5 Å². The van der Waals surface area contributed by atoms with E-state index in [9.17, 15) is 28.1 Å². The molecule has 1 N–H and O–H groups in total. The van der Waals surface area contributed by atoms with Crippen LogP contribution in [-0.4, -0.2) is 55.7 Å². The Balaban J connectivity index is 2.03. The minimum absolute atomic E-state index is 0.0297. The van der Waals surface area contributed by atoms with Crippen molar-refractivity contribution in [2.75, 3.05) is 23.9 Å². The van der Waals surface area contributed by atoms with Gasteiger partial charge in [-0.3, -0.25) is 24.0 Å². The van der Waals surface area contributed by atoms with Crippen molar-refractivity contribution in [3.63, 3.8) is 0 Å². The molecule has 11 heteroatoms. The van der Waals surface area contributed by atoms with Crippen molar-refractivity contribution >= 4 is 33.2 Å². The molecule has 0 radical (unpaired) electrons. The lowest BCUT2D eigenvalue weighted by atomic mass is 10.1. The summed E-state index contributed by atoms with van der Waals surface area (Å²) in [6.45, 7) is 3.68. The van der Waals surface area contributed by atoms with Crippen molar-refractivity contribution in [2.24, 2.45) is 0 Å². The van der Waals surface area contributed by atoms with E-state index in [1.54, 1.807) is 25.1 Å². The molecule has 0 aromatic heterocycles. The summed E-state index contributed by atoms with van der Waals surface area (Å²) in [5.41, 5.74) is 0.610. The maximum Gasteiger partial charge on any atom is 0.271 e. The van der Waals surface area contributed by atoms with Gasteiger partial charge in [0.2, 0.25) is 11.8 Å². The highest BCUT2D eigenvalue weighted by atomic mass is 32.2. The average Bonchev–Trinajstić information content (AvgIpc) is 2.97. The number of nitrogens with one attached hydrogen (secondary N) is 1. The first kappa shape index (κ1) is 30.3. The highest BCUT2D eigenvalue weighted by Gasteiger charge is 2.33.